The van der Waals surface area contributed by atoms with E-state index in [4.69, 9.17) is 5.26 Å². The maximum absolute atomic E-state index is 12.0. The minimum absolute atomic E-state index is 0.0111. The summed E-state index contributed by atoms with van der Waals surface area (Å²) in [5, 5.41) is 8.88. The summed E-state index contributed by atoms with van der Waals surface area (Å²) in [6.07, 6.45) is 0. The number of fused-ring (bicyclic) bond motifs is 1. The van der Waals surface area contributed by atoms with Gasteiger partial charge < -0.3 is 0 Å². The molecule has 2 heterocycles. The van der Waals surface area contributed by atoms with Crippen molar-refractivity contribution in [1.29, 1.82) is 5.26 Å². The molecule has 0 aliphatic carbocycles. The number of aryl methyl sites for hydroxylation is 2. The van der Waals surface area contributed by atoms with Crippen molar-refractivity contribution < 1.29 is 0 Å². The third-order valence-corrected chi connectivity index (χ3v) is 5.21. The summed E-state index contributed by atoms with van der Waals surface area (Å²) in [4.78, 5) is 14.4. The lowest BCUT2D eigenvalue weighted by Crippen LogP contribution is -2.44. The summed E-state index contributed by atoms with van der Waals surface area (Å²) in [6.45, 7) is 2.95. The zero-order chi connectivity index (χ0) is 17.6. The summed E-state index contributed by atoms with van der Waals surface area (Å²) in [5.41, 5.74) is 5.20. The molecular weight excluding hydrogens is 312 g/mol. The van der Waals surface area contributed by atoms with Crippen molar-refractivity contribution in [2.24, 2.45) is 14.1 Å². The van der Waals surface area contributed by atoms with Crippen LogP contribution in [0.25, 0.3) is 11.0 Å². The number of benzene rings is 2. The number of aromatic nitrogens is 2. The van der Waals surface area contributed by atoms with Crippen LogP contribution < -0.4 is 5.69 Å². The average molecular weight is 332 g/mol. The van der Waals surface area contributed by atoms with E-state index in [2.05, 4.69) is 35.2 Å². The molecule has 0 radical (unpaired) electrons. The van der Waals surface area contributed by atoms with Gasteiger partial charge in [0, 0.05) is 39.6 Å². The SMILES string of the molecule is Cn1c(=O)n(C)c2cc(CN3CC(c4ccc(C#N)cc4)C3)ccc21. The Morgan fingerprint density at radius 1 is 1.04 bits per heavy atom. The Morgan fingerprint density at radius 3 is 2.40 bits per heavy atom. The van der Waals surface area contributed by atoms with E-state index in [-0.39, 0.29) is 5.69 Å². The van der Waals surface area contributed by atoms with E-state index in [1.807, 2.05) is 32.3 Å². The lowest BCUT2D eigenvalue weighted by atomic mass is 9.90. The van der Waals surface area contributed by atoms with Gasteiger partial charge in [0.25, 0.3) is 0 Å². The van der Waals surface area contributed by atoms with Gasteiger partial charge in [0.15, 0.2) is 0 Å². The van der Waals surface area contributed by atoms with Gasteiger partial charge in [0.05, 0.1) is 22.7 Å². The third-order valence-electron chi connectivity index (χ3n) is 5.21. The highest BCUT2D eigenvalue weighted by atomic mass is 16.1. The van der Waals surface area contributed by atoms with E-state index in [0.717, 1.165) is 30.7 Å². The van der Waals surface area contributed by atoms with Gasteiger partial charge in [0.1, 0.15) is 0 Å². The molecule has 2 aromatic carbocycles. The molecule has 1 aliphatic rings. The lowest BCUT2D eigenvalue weighted by Gasteiger charge is -2.39. The van der Waals surface area contributed by atoms with Crippen molar-refractivity contribution in [2.75, 3.05) is 13.1 Å². The lowest BCUT2D eigenvalue weighted by molar-refractivity contribution is 0.140. The minimum Gasteiger partial charge on any atom is -0.298 e. The van der Waals surface area contributed by atoms with Crippen LogP contribution >= 0.6 is 0 Å². The fourth-order valence-electron chi connectivity index (χ4n) is 3.65. The number of imidazole rings is 1. The van der Waals surface area contributed by atoms with Gasteiger partial charge in [-0.2, -0.15) is 5.26 Å². The Morgan fingerprint density at radius 2 is 1.72 bits per heavy atom. The van der Waals surface area contributed by atoms with Crippen molar-refractivity contribution in [1.82, 2.24) is 14.0 Å². The number of hydrogen-bond donors (Lipinski definition) is 0. The molecular formula is C20H20N4O. The summed E-state index contributed by atoms with van der Waals surface area (Å²) < 4.78 is 3.39. The largest absolute Gasteiger partial charge is 0.328 e. The Balaban J connectivity index is 1.45. The van der Waals surface area contributed by atoms with Crippen molar-refractivity contribution in [3.05, 3.63) is 69.6 Å². The molecule has 1 aromatic heterocycles. The second kappa shape index (κ2) is 5.91. The molecule has 0 bridgehead atoms. The van der Waals surface area contributed by atoms with E-state index < -0.39 is 0 Å². The first-order valence-electron chi connectivity index (χ1n) is 8.43. The first-order valence-corrected chi connectivity index (χ1v) is 8.43. The highest BCUT2D eigenvalue weighted by Gasteiger charge is 2.27. The maximum Gasteiger partial charge on any atom is 0.328 e. The Bertz CT molecular complexity index is 1030. The minimum atomic E-state index is 0.0111. The van der Waals surface area contributed by atoms with Crippen LogP contribution in [0.5, 0.6) is 0 Å². The molecule has 4 rings (SSSR count). The molecule has 5 nitrogen and oxygen atoms in total. The number of nitriles is 1. The number of likely N-dealkylation sites (tertiary alicyclic amines) is 1. The molecule has 0 amide bonds. The van der Waals surface area contributed by atoms with Crippen LogP contribution in [-0.4, -0.2) is 27.1 Å². The molecule has 126 valence electrons. The average Bonchev–Trinajstić information content (AvgIpc) is 2.82. The molecule has 25 heavy (non-hydrogen) atoms. The molecule has 0 saturated carbocycles. The molecule has 3 aromatic rings. The van der Waals surface area contributed by atoms with Crippen LogP contribution in [0.2, 0.25) is 0 Å². The summed E-state index contributed by atoms with van der Waals surface area (Å²) in [6, 6.07) is 16.3. The van der Waals surface area contributed by atoms with E-state index in [1.165, 1.54) is 11.1 Å². The predicted octanol–water partition coefficient (Wildman–Crippen LogP) is 2.35. The van der Waals surface area contributed by atoms with Crippen LogP contribution in [0, 0.1) is 11.3 Å². The Kier molecular flexibility index (Phi) is 3.70. The number of rotatable bonds is 3. The highest BCUT2D eigenvalue weighted by molar-refractivity contribution is 5.76. The van der Waals surface area contributed by atoms with Gasteiger partial charge in [-0.15, -0.1) is 0 Å². The summed E-state index contributed by atoms with van der Waals surface area (Å²) >= 11 is 0. The van der Waals surface area contributed by atoms with E-state index >= 15 is 0 Å². The van der Waals surface area contributed by atoms with Gasteiger partial charge in [-0.3, -0.25) is 14.0 Å². The molecule has 0 N–H and O–H groups in total. The normalized spacial score (nSPS) is 15.2. The molecule has 0 spiro atoms. The van der Waals surface area contributed by atoms with Gasteiger partial charge in [-0.1, -0.05) is 18.2 Å². The zero-order valence-corrected chi connectivity index (χ0v) is 14.4. The van der Waals surface area contributed by atoms with Crippen LogP contribution in [0.3, 0.4) is 0 Å². The van der Waals surface area contributed by atoms with Crippen molar-refractivity contribution in [3.8, 4) is 6.07 Å². The second-order valence-electron chi connectivity index (χ2n) is 6.85. The van der Waals surface area contributed by atoms with Crippen LogP contribution in [0.1, 0.15) is 22.6 Å². The molecule has 1 aliphatic heterocycles. The Hall–Kier alpha value is -2.84. The molecule has 1 saturated heterocycles. The van der Waals surface area contributed by atoms with Gasteiger partial charge in [0.2, 0.25) is 0 Å². The van der Waals surface area contributed by atoms with Gasteiger partial charge in [-0.05, 0) is 35.4 Å². The van der Waals surface area contributed by atoms with E-state index in [9.17, 15) is 4.79 Å². The number of hydrogen-bond acceptors (Lipinski definition) is 3. The monoisotopic (exact) mass is 332 g/mol. The topological polar surface area (TPSA) is 54.0 Å². The Labute approximate surface area is 146 Å². The molecule has 5 heteroatoms. The van der Waals surface area contributed by atoms with Crippen molar-refractivity contribution in [3.63, 3.8) is 0 Å². The summed E-state index contributed by atoms with van der Waals surface area (Å²) in [5.74, 6) is 0.539. The fraction of sp³-hybridized carbons (Fsp3) is 0.300. The molecule has 0 unspecified atom stereocenters. The van der Waals surface area contributed by atoms with Gasteiger partial charge in [-0.25, -0.2) is 4.79 Å². The van der Waals surface area contributed by atoms with Crippen molar-refractivity contribution >= 4 is 11.0 Å². The number of nitrogens with zero attached hydrogens (tertiary/aromatic N) is 4. The quantitative estimate of drug-likeness (QED) is 0.740. The predicted molar refractivity (Wildman–Crippen MR) is 97.3 cm³/mol. The second-order valence-corrected chi connectivity index (χ2v) is 6.85. The smallest absolute Gasteiger partial charge is 0.298 e. The fourth-order valence-corrected chi connectivity index (χ4v) is 3.65. The van der Waals surface area contributed by atoms with Crippen molar-refractivity contribution in [2.45, 2.75) is 12.5 Å². The first-order chi connectivity index (χ1) is 12.1. The third kappa shape index (κ3) is 2.65. The standard InChI is InChI=1S/C20H20N4O/c1-22-18-8-5-15(9-19(18)23(2)20(22)25)11-24-12-17(13-24)16-6-3-14(10-21)4-7-16/h3-9,17H,11-13H2,1-2H3. The summed E-state index contributed by atoms with van der Waals surface area (Å²) in [7, 11) is 3.63. The van der Waals surface area contributed by atoms with Crippen LogP contribution in [0.15, 0.2) is 47.3 Å². The van der Waals surface area contributed by atoms with E-state index in [1.54, 1.807) is 9.13 Å². The van der Waals surface area contributed by atoms with E-state index in [0.29, 0.717) is 11.5 Å². The molecule has 0 atom stereocenters. The molecule has 1 fully saturated rings. The van der Waals surface area contributed by atoms with Crippen LogP contribution in [-0.2, 0) is 20.6 Å². The van der Waals surface area contributed by atoms with Crippen LogP contribution in [0.4, 0.5) is 0 Å². The van der Waals surface area contributed by atoms with Gasteiger partial charge >= 0.3 is 5.69 Å². The first kappa shape index (κ1) is 15.7. The zero-order valence-electron chi connectivity index (χ0n) is 14.4. The maximum atomic E-state index is 12.0. The highest BCUT2D eigenvalue weighted by Crippen LogP contribution is 2.29.